The number of carbonyl (C=O) groups excluding carboxylic acids is 1. The molecular formula is C21H21N5O4. The zero-order valence-corrected chi connectivity index (χ0v) is 16.8. The number of rotatable bonds is 8. The van der Waals surface area contributed by atoms with Crippen molar-refractivity contribution in [2.45, 2.75) is 13.0 Å². The molecule has 0 saturated carbocycles. The molecule has 1 atom stereocenters. The highest BCUT2D eigenvalue weighted by Crippen LogP contribution is 2.28. The first-order valence-corrected chi connectivity index (χ1v) is 9.12. The summed E-state index contributed by atoms with van der Waals surface area (Å²) in [6.45, 7) is 2.25. The van der Waals surface area contributed by atoms with Crippen LogP contribution in [0.4, 0.5) is 5.82 Å². The molecule has 0 bridgehead atoms. The number of nitrogens with zero attached hydrogens (tertiary/aromatic N) is 4. The van der Waals surface area contributed by atoms with Crippen molar-refractivity contribution in [3.63, 3.8) is 0 Å². The van der Waals surface area contributed by atoms with Crippen molar-refractivity contribution < 1.29 is 19.0 Å². The Kier molecular flexibility index (Phi) is 6.62. The molecular weight excluding hydrogens is 386 g/mol. The lowest BCUT2D eigenvalue weighted by Gasteiger charge is -2.16. The Morgan fingerprint density at radius 1 is 1.23 bits per heavy atom. The fraction of sp³-hybridized carbons (Fsp3) is 0.238. The molecule has 0 aliphatic carbocycles. The van der Waals surface area contributed by atoms with Crippen LogP contribution in [0.25, 0.3) is 0 Å². The van der Waals surface area contributed by atoms with E-state index < -0.39 is 0 Å². The Labute approximate surface area is 173 Å². The van der Waals surface area contributed by atoms with Crippen LogP contribution in [0.2, 0.25) is 0 Å². The third-order valence-corrected chi connectivity index (χ3v) is 3.92. The molecule has 30 heavy (non-hydrogen) atoms. The summed E-state index contributed by atoms with van der Waals surface area (Å²) in [5, 5.41) is 15.8. The first kappa shape index (κ1) is 20.8. The molecule has 0 aliphatic rings. The zero-order chi connectivity index (χ0) is 21.5. The van der Waals surface area contributed by atoms with Gasteiger partial charge in [-0.05, 0) is 31.2 Å². The number of benzene rings is 1. The molecule has 0 radical (unpaired) electrons. The number of nitriles is 1. The molecule has 3 rings (SSSR count). The van der Waals surface area contributed by atoms with Crippen molar-refractivity contribution in [2.75, 3.05) is 19.0 Å². The molecule has 0 unspecified atom stereocenters. The van der Waals surface area contributed by atoms with E-state index in [4.69, 9.17) is 19.5 Å². The number of aromatic nitrogens is 3. The van der Waals surface area contributed by atoms with Gasteiger partial charge in [-0.3, -0.25) is 9.48 Å². The van der Waals surface area contributed by atoms with Gasteiger partial charge in [0.2, 0.25) is 0 Å². The standard InChI is InChI=1S/C21H21N5O4/c1-14(13-28-3)29-18-8-15(21(27)24-20-6-7-26(2)25-20)9-19(10-18)30-17-5-4-16(11-22)23-12-17/h4-10,12,14H,13H2,1-3H3,(H,24,25,27)/t14-/m0/s1. The number of ether oxygens (including phenoxy) is 3. The Hall–Kier alpha value is -3.90. The lowest BCUT2D eigenvalue weighted by Crippen LogP contribution is -2.18. The number of hydrogen-bond donors (Lipinski definition) is 1. The Morgan fingerprint density at radius 3 is 2.67 bits per heavy atom. The number of hydrogen-bond acceptors (Lipinski definition) is 7. The normalized spacial score (nSPS) is 11.4. The summed E-state index contributed by atoms with van der Waals surface area (Å²) in [7, 11) is 3.35. The molecule has 2 heterocycles. The minimum atomic E-state index is -0.360. The number of aryl methyl sites for hydroxylation is 1. The molecule has 0 aliphatic heterocycles. The molecule has 0 fully saturated rings. The van der Waals surface area contributed by atoms with E-state index in [1.165, 1.54) is 6.20 Å². The molecule has 9 nitrogen and oxygen atoms in total. The van der Waals surface area contributed by atoms with Crippen LogP contribution in [0.5, 0.6) is 17.2 Å². The fourth-order valence-electron chi connectivity index (χ4n) is 2.64. The second-order valence-corrected chi connectivity index (χ2v) is 6.50. The van der Waals surface area contributed by atoms with E-state index in [-0.39, 0.29) is 17.7 Å². The predicted octanol–water partition coefficient (Wildman–Crippen LogP) is 3.15. The van der Waals surface area contributed by atoms with Crippen LogP contribution >= 0.6 is 0 Å². The maximum Gasteiger partial charge on any atom is 0.257 e. The summed E-state index contributed by atoms with van der Waals surface area (Å²) < 4.78 is 18.4. The number of nitrogens with one attached hydrogen (secondary N) is 1. The van der Waals surface area contributed by atoms with Gasteiger partial charge in [0, 0.05) is 38.1 Å². The van der Waals surface area contributed by atoms with E-state index >= 15 is 0 Å². The monoisotopic (exact) mass is 407 g/mol. The van der Waals surface area contributed by atoms with Gasteiger partial charge in [0.25, 0.3) is 5.91 Å². The van der Waals surface area contributed by atoms with Crippen LogP contribution in [-0.2, 0) is 11.8 Å². The lowest BCUT2D eigenvalue weighted by atomic mass is 10.2. The Bertz CT molecular complexity index is 1060. The quantitative estimate of drug-likeness (QED) is 0.610. The average Bonchev–Trinajstić information content (AvgIpc) is 3.13. The highest BCUT2D eigenvalue weighted by Gasteiger charge is 2.14. The largest absolute Gasteiger partial charge is 0.488 e. The van der Waals surface area contributed by atoms with Gasteiger partial charge in [0.15, 0.2) is 5.82 Å². The summed E-state index contributed by atoms with van der Waals surface area (Å²) in [5.41, 5.74) is 0.614. The second-order valence-electron chi connectivity index (χ2n) is 6.50. The highest BCUT2D eigenvalue weighted by atomic mass is 16.5. The van der Waals surface area contributed by atoms with E-state index in [0.29, 0.717) is 35.2 Å². The van der Waals surface area contributed by atoms with E-state index in [1.807, 2.05) is 13.0 Å². The zero-order valence-electron chi connectivity index (χ0n) is 16.8. The molecule has 154 valence electrons. The molecule has 9 heteroatoms. The SMILES string of the molecule is COC[C@H](C)Oc1cc(Oc2ccc(C#N)nc2)cc(C(=O)Nc2ccn(C)n2)c1. The number of anilines is 1. The van der Waals surface area contributed by atoms with E-state index in [0.717, 1.165) is 0 Å². The average molecular weight is 407 g/mol. The van der Waals surface area contributed by atoms with Crippen molar-refractivity contribution >= 4 is 11.7 Å². The van der Waals surface area contributed by atoms with Crippen LogP contribution < -0.4 is 14.8 Å². The molecule has 0 saturated heterocycles. The van der Waals surface area contributed by atoms with E-state index in [2.05, 4.69) is 15.4 Å². The second kappa shape index (κ2) is 9.54. The van der Waals surface area contributed by atoms with Crippen molar-refractivity contribution in [3.05, 3.63) is 60.0 Å². The summed E-state index contributed by atoms with van der Waals surface area (Å²) in [6.07, 6.45) is 2.94. The van der Waals surface area contributed by atoms with Gasteiger partial charge in [-0.1, -0.05) is 0 Å². The van der Waals surface area contributed by atoms with Crippen molar-refractivity contribution in [3.8, 4) is 23.3 Å². The third kappa shape index (κ3) is 5.56. The minimum absolute atomic E-state index is 0.228. The van der Waals surface area contributed by atoms with E-state index in [1.54, 1.807) is 61.4 Å². The number of pyridine rings is 1. The summed E-state index contributed by atoms with van der Waals surface area (Å²) in [5.74, 6) is 1.33. The first-order chi connectivity index (χ1) is 14.5. The van der Waals surface area contributed by atoms with Crippen molar-refractivity contribution in [1.29, 1.82) is 5.26 Å². The topological polar surface area (TPSA) is 111 Å². The smallest absolute Gasteiger partial charge is 0.257 e. The summed E-state index contributed by atoms with van der Waals surface area (Å²) in [6, 6.07) is 11.7. The Morgan fingerprint density at radius 2 is 2.03 bits per heavy atom. The van der Waals surface area contributed by atoms with Crippen LogP contribution in [0.15, 0.2) is 48.8 Å². The predicted molar refractivity (Wildman–Crippen MR) is 109 cm³/mol. The Balaban J connectivity index is 1.86. The van der Waals surface area contributed by atoms with Gasteiger partial charge in [-0.15, -0.1) is 0 Å². The number of methoxy groups -OCH3 is 1. The maximum atomic E-state index is 12.7. The highest BCUT2D eigenvalue weighted by molar-refractivity contribution is 6.04. The molecule has 1 amide bonds. The molecule has 2 aromatic heterocycles. The summed E-state index contributed by atoms with van der Waals surface area (Å²) >= 11 is 0. The van der Waals surface area contributed by atoms with Crippen LogP contribution in [0, 0.1) is 11.3 Å². The van der Waals surface area contributed by atoms with Crippen molar-refractivity contribution in [1.82, 2.24) is 14.8 Å². The van der Waals surface area contributed by atoms with Gasteiger partial charge in [-0.2, -0.15) is 10.4 Å². The molecule has 3 aromatic rings. The van der Waals surface area contributed by atoms with E-state index in [9.17, 15) is 4.79 Å². The van der Waals surface area contributed by atoms with Crippen LogP contribution in [0.3, 0.4) is 0 Å². The number of amides is 1. The van der Waals surface area contributed by atoms with Crippen LogP contribution in [0.1, 0.15) is 23.0 Å². The van der Waals surface area contributed by atoms with Gasteiger partial charge in [-0.25, -0.2) is 4.98 Å². The van der Waals surface area contributed by atoms with Gasteiger partial charge >= 0.3 is 0 Å². The first-order valence-electron chi connectivity index (χ1n) is 9.12. The van der Waals surface area contributed by atoms with Gasteiger partial charge in [0.1, 0.15) is 35.1 Å². The lowest BCUT2D eigenvalue weighted by molar-refractivity contribution is 0.0915. The minimum Gasteiger partial charge on any atom is -0.488 e. The molecule has 1 aromatic carbocycles. The third-order valence-electron chi connectivity index (χ3n) is 3.92. The van der Waals surface area contributed by atoms with Gasteiger partial charge < -0.3 is 19.5 Å². The summed E-state index contributed by atoms with van der Waals surface area (Å²) in [4.78, 5) is 16.7. The molecule has 1 N–H and O–H groups in total. The maximum absolute atomic E-state index is 12.7. The van der Waals surface area contributed by atoms with Gasteiger partial charge in [0.05, 0.1) is 12.8 Å². The fourth-order valence-corrected chi connectivity index (χ4v) is 2.64. The van der Waals surface area contributed by atoms with Crippen molar-refractivity contribution in [2.24, 2.45) is 7.05 Å². The van der Waals surface area contributed by atoms with Crippen LogP contribution in [-0.4, -0.2) is 40.5 Å². The molecule has 0 spiro atoms. The number of carbonyl (C=O) groups is 1.